The normalized spacial score (nSPS) is 19.1. The number of halogens is 2. The highest BCUT2D eigenvalue weighted by Crippen LogP contribution is 2.31. The van der Waals surface area contributed by atoms with E-state index in [1.54, 1.807) is 35.2 Å². The van der Waals surface area contributed by atoms with Gasteiger partial charge in [-0.05, 0) is 87.4 Å². The third-order valence-electron chi connectivity index (χ3n) is 8.27. The van der Waals surface area contributed by atoms with E-state index in [1.807, 2.05) is 13.8 Å². The molecule has 0 spiro atoms. The molecule has 2 aliphatic rings. The zero-order valence-electron chi connectivity index (χ0n) is 23.0. The molecule has 1 N–H and O–H groups in total. The summed E-state index contributed by atoms with van der Waals surface area (Å²) in [4.78, 5) is 16.5. The number of β-amino-alcohol motifs (C(OH)–C–C–N with tert-alkyl or cyclic N) is 1. The average Bonchev–Trinajstić information content (AvgIpc) is 2.96. The summed E-state index contributed by atoms with van der Waals surface area (Å²) in [5, 5.41) is 19.6. The molecular weight excluding hydrogens is 500 g/mol. The van der Waals surface area contributed by atoms with Gasteiger partial charge in [-0.15, -0.1) is 0 Å². The van der Waals surface area contributed by atoms with Crippen molar-refractivity contribution in [3.05, 3.63) is 53.3 Å². The molecule has 1 unspecified atom stereocenters. The summed E-state index contributed by atoms with van der Waals surface area (Å²) in [5.74, 6) is -0.0648. The number of aliphatic hydroxyl groups is 1. The Balaban J connectivity index is 1.36. The van der Waals surface area contributed by atoms with E-state index in [2.05, 4.69) is 11.0 Å². The lowest BCUT2D eigenvalue weighted by Crippen LogP contribution is -2.44. The number of ether oxygens (including phenoxy) is 1. The van der Waals surface area contributed by atoms with Gasteiger partial charge in [-0.25, -0.2) is 8.78 Å². The average molecular weight is 540 g/mol. The molecule has 39 heavy (non-hydrogen) atoms. The highest BCUT2D eigenvalue weighted by Gasteiger charge is 2.30. The van der Waals surface area contributed by atoms with Crippen LogP contribution in [-0.2, 0) is 0 Å². The van der Waals surface area contributed by atoms with Gasteiger partial charge >= 0.3 is 0 Å². The Morgan fingerprint density at radius 3 is 2.51 bits per heavy atom. The second-order valence-electron chi connectivity index (χ2n) is 11.0. The first-order valence-electron chi connectivity index (χ1n) is 14.1. The molecule has 1 amide bonds. The molecule has 6 nitrogen and oxygen atoms in total. The van der Waals surface area contributed by atoms with Crippen molar-refractivity contribution in [2.24, 2.45) is 5.92 Å². The zero-order valence-corrected chi connectivity index (χ0v) is 23.0. The van der Waals surface area contributed by atoms with Gasteiger partial charge in [0.05, 0.1) is 18.3 Å². The molecule has 2 aliphatic heterocycles. The van der Waals surface area contributed by atoms with E-state index in [0.717, 1.165) is 32.4 Å². The van der Waals surface area contributed by atoms with Crippen LogP contribution in [-0.4, -0.2) is 71.9 Å². The maximum Gasteiger partial charge on any atom is 0.254 e. The van der Waals surface area contributed by atoms with Crippen molar-refractivity contribution in [3.63, 3.8) is 0 Å². The zero-order chi connectivity index (χ0) is 28.0. The summed E-state index contributed by atoms with van der Waals surface area (Å²) in [6, 6.07) is 11.5. The number of alkyl halides is 1. The monoisotopic (exact) mass is 539 g/mol. The fraction of sp³-hybridized carbons (Fsp3) is 0.548. The molecule has 210 valence electrons. The van der Waals surface area contributed by atoms with E-state index < -0.39 is 17.6 Å². The van der Waals surface area contributed by atoms with Crippen molar-refractivity contribution < 1.29 is 23.4 Å². The molecule has 2 aromatic rings. The van der Waals surface area contributed by atoms with Crippen LogP contribution < -0.4 is 4.74 Å². The van der Waals surface area contributed by atoms with Gasteiger partial charge in [0.1, 0.15) is 23.3 Å². The van der Waals surface area contributed by atoms with Crippen LogP contribution in [0.5, 0.6) is 5.75 Å². The summed E-state index contributed by atoms with van der Waals surface area (Å²) < 4.78 is 35.9. The Morgan fingerprint density at radius 1 is 1.13 bits per heavy atom. The van der Waals surface area contributed by atoms with Gasteiger partial charge in [0.25, 0.3) is 5.91 Å². The van der Waals surface area contributed by atoms with Gasteiger partial charge in [-0.3, -0.25) is 4.79 Å². The Bertz CT molecular complexity index is 1190. The van der Waals surface area contributed by atoms with E-state index in [4.69, 9.17) is 4.74 Å². The number of piperidine rings is 2. The molecule has 0 aromatic heterocycles. The van der Waals surface area contributed by atoms with Crippen LogP contribution >= 0.6 is 0 Å². The Labute approximate surface area is 230 Å². The molecule has 0 radical (unpaired) electrons. The Morgan fingerprint density at radius 2 is 1.87 bits per heavy atom. The lowest BCUT2D eigenvalue weighted by atomic mass is 9.94. The SMILES string of the molecule is CCC(F)(CC)CN1CCC(COc2ccc(-c3ccc(C(=O)N4CCCC(O)C4)cc3F)cc2C#N)CC1. The van der Waals surface area contributed by atoms with Gasteiger partial charge < -0.3 is 19.6 Å². The summed E-state index contributed by atoms with van der Waals surface area (Å²) >= 11 is 0. The van der Waals surface area contributed by atoms with Crippen LogP contribution in [0.2, 0.25) is 0 Å². The minimum atomic E-state index is -1.13. The summed E-state index contributed by atoms with van der Waals surface area (Å²) in [6.07, 6.45) is 3.70. The number of carbonyl (C=O) groups excluding carboxylic acids is 1. The predicted octanol–water partition coefficient (Wildman–Crippen LogP) is 5.58. The standard InChI is InChI=1S/C31H39F2N3O3/c1-3-31(33,4-2)21-35-14-11-22(12-15-35)20-39-29-10-8-23(16-25(29)18-34)27-9-7-24(17-28(27)32)30(38)36-13-5-6-26(37)19-36/h7-10,16-17,22,26,37H,3-6,11-15,19-21H2,1-2H3. The van der Waals surface area contributed by atoms with Crippen LogP contribution in [0.1, 0.15) is 68.3 Å². The number of nitrogens with zero attached hydrogens (tertiary/aromatic N) is 3. The number of likely N-dealkylation sites (tertiary alicyclic amines) is 2. The molecule has 0 saturated carbocycles. The van der Waals surface area contributed by atoms with Crippen molar-refractivity contribution in [3.8, 4) is 22.9 Å². The Hall–Kier alpha value is -3.02. The maximum absolute atomic E-state index is 15.1. The van der Waals surface area contributed by atoms with Crippen molar-refractivity contribution in [2.45, 2.75) is 64.1 Å². The first kappa shape index (κ1) is 29.0. The van der Waals surface area contributed by atoms with Crippen LogP contribution in [0, 0.1) is 23.1 Å². The lowest BCUT2D eigenvalue weighted by molar-refractivity contribution is 0.0473. The van der Waals surface area contributed by atoms with Crippen LogP contribution in [0.25, 0.3) is 11.1 Å². The Kier molecular flexibility index (Phi) is 9.58. The molecule has 1 atom stereocenters. The molecule has 8 heteroatoms. The molecular formula is C31H39F2N3O3. The highest BCUT2D eigenvalue weighted by molar-refractivity contribution is 5.95. The van der Waals surface area contributed by atoms with E-state index in [0.29, 0.717) is 67.3 Å². The third-order valence-corrected chi connectivity index (χ3v) is 8.27. The number of hydrogen-bond acceptors (Lipinski definition) is 5. The minimum Gasteiger partial charge on any atom is -0.492 e. The molecule has 0 aliphatic carbocycles. The van der Waals surface area contributed by atoms with Gasteiger partial charge in [-0.2, -0.15) is 5.26 Å². The second-order valence-corrected chi connectivity index (χ2v) is 11.0. The van der Waals surface area contributed by atoms with Crippen LogP contribution in [0.4, 0.5) is 8.78 Å². The largest absolute Gasteiger partial charge is 0.492 e. The first-order valence-corrected chi connectivity index (χ1v) is 14.1. The van der Waals surface area contributed by atoms with E-state index >= 15 is 4.39 Å². The van der Waals surface area contributed by atoms with Gasteiger partial charge in [-0.1, -0.05) is 26.0 Å². The molecule has 2 saturated heterocycles. The van der Waals surface area contributed by atoms with E-state index in [9.17, 15) is 19.6 Å². The van der Waals surface area contributed by atoms with Crippen LogP contribution in [0.3, 0.4) is 0 Å². The second kappa shape index (κ2) is 12.9. The van der Waals surface area contributed by atoms with E-state index in [-0.39, 0.29) is 18.0 Å². The number of hydrogen-bond donors (Lipinski definition) is 1. The maximum atomic E-state index is 15.1. The van der Waals surface area contributed by atoms with Crippen molar-refractivity contribution in [2.75, 3.05) is 39.3 Å². The van der Waals surface area contributed by atoms with Crippen LogP contribution in [0.15, 0.2) is 36.4 Å². The summed E-state index contributed by atoms with van der Waals surface area (Å²) in [6.45, 7) is 7.21. The topological polar surface area (TPSA) is 76.8 Å². The molecule has 0 bridgehead atoms. The third kappa shape index (κ3) is 7.14. The van der Waals surface area contributed by atoms with Gasteiger partial charge in [0.15, 0.2) is 0 Å². The fourth-order valence-electron chi connectivity index (χ4n) is 5.51. The van der Waals surface area contributed by atoms with Gasteiger partial charge in [0, 0.05) is 30.8 Å². The number of amides is 1. The smallest absolute Gasteiger partial charge is 0.254 e. The molecule has 2 aromatic carbocycles. The van der Waals surface area contributed by atoms with Crippen molar-refractivity contribution >= 4 is 5.91 Å². The number of carbonyl (C=O) groups is 1. The predicted molar refractivity (Wildman–Crippen MR) is 147 cm³/mol. The number of aliphatic hydroxyl groups excluding tert-OH is 1. The number of nitriles is 1. The summed E-state index contributed by atoms with van der Waals surface area (Å²) in [5.41, 5.74) is 0.250. The quantitative estimate of drug-likeness (QED) is 0.450. The lowest BCUT2D eigenvalue weighted by Gasteiger charge is -2.36. The van der Waals surface area contributed by atoms with Crippen molar-refractivity contribution in [1.29, 1.82) is 5.26 Å². The van der Waals surface area contributed by atoms with E-state index in [1.165, 1.54) is 6.07 Å². The number of benzene rings is 2. The molecule has 4 rings (SSSR count). The molecule has 2 heterocycles. The van der Waals surface area contributed by atoms with Crippen molar-refractivity contribution in [1.82, 2.24) is 9.80 Å². The first-order chi connectivity index (χ1) is 18.7. The number of rotatable bonds is 9. The molecule has 2 fully saturated rings. The fourth-order valence-corrected chi connectivity index (χ4v) is 5.51. The summed E-state index contributed by atoms with van der Waals surface area (Å²) in [7, 11) is 0. The highest BCUT2D eigenvalue weighted by atomic mass is 19.1. The minimum absolute atomic E-state index is 0.235. The van der Waals surface area contributed by atoms with Gasteiger partial charge in [0.2, 0.25) is 0 Å².